The second-order valence-corrected chi connectivity index (χ2v) is 8.93. The summed E-state index contributed by atoms with van der Waals surface area (Å²) >= 11 is 0. The maximum atomic E-state index is 13.8. The lowest BCUT2D eigenvalue weighted by Gasteiger charge is -2.38. The predicted molar refractivity (Wildman–Crippen MR) is 97.7 cm³/mol. The summed E-state index contributed by atoms with van der Waals surface area (Å²) in [5, 5.41) is 0. The molecule has 0 aliphatic rings. The number of alkyl halides is 10. The molecule has 0 bridgehead atoms. The van der Waals surface area contributed by atoms with E-state index in [4.69, 9.17) is 17.7 Å². The molecule has 1 atom stereocenters. The maximum Gasteiger partial charge on any atom is 0.485 e. The SMILES string of the molecule is C=C(C)C(=O)OCC[N+](C)(CC=C(C)C)CC(F)(F)C(F)(F)C(F)(F)F.O=S(=O)([O-])C(F)(F)F. The van der Waals surface area contributed by atoms with Crippen LogP contribution in [0.25, 0.3) is 0 Å². The Kier molecular flexibility index (Phi) is 11.8. The van der Waals surface area contributed by atoms with Gasteiger partial charge in [-0.05, 0) is 26.8 Å². The Hall–Kier alpha value is -1.88. The van der Waals surface area contributed by atoms with Gasteiger partial charge < -0.3 is 13.8 Å². The molecule has 0 N–H and O–H groups in total. The second-order valence-electron chi connectivity index (χ2n) is 7.56. The van der Waals surface area contributed by atoms with Crippen LogP contribution in [-0.2, 0) is 19.6 Å². The van der Waals surface area contributed by atoms with Crippen LogP contribution in [0.15, 0.2) is 23.8 Å². The molecule has 6 nitrogen and oxygen atoms in total. The van der Waals surface area contributed by atoms with E-state index < -0.39 is 57.3 Å². The molecule has 0 spiro atoms. The lowest BCUT2D eigenvalue weighted by molar-refractivity contribution is -0.913. The van der Waals surface area contributed by atoms with Gasteiger partial charge in [0, 0.05) is 5.57 Å². The van der Waals surface area contributed by atoms with Gasteiger partial charge in [-0.15, -0.1) is 0 Å². The van der Waals surface area contributed by atoms with Crippen molar-refractivity contribution in [2.45, 2.75) is 44.3 Å². The highest BCUT2D eigenvalue weighted by Gasteiger charge is 2.74. The van der Waals surface area contributed by atoms with Crippen LogP contribution in [0.5, 0.6) is 0 Å². The topological polar surface area (TPSA) is 83.5 Å². The lowest BCUT2D eigenvalue weighted by Crippen LogP contribution is -2.62. The zero-order chi connectivity index (χ0) is 28.0. The smallest absolute Gasteiger partial charge is 0.485 e. The van der Waals surface area contributed by atoms with E-state index in [0.717, 1.165) is 7.05 Å². The Morgan fingerprint density at radius 3 is 1.71 bits per heavy atom. The zero-order valence-corrected chi connectivity index (χ0v) is 19.1. The number of likely N-dealkylation sites (N-methyl/N-ethyl adjacent to an activating group) is 1. The molecule has 1 unspecified atom stereocenters. The van der Waals surface area contributed by atoms with Crippen molar-refractivity contribution in [3.8, 4) is 0 Å². The normalized spacial score (nSPS) is 14.9. The summed E-state index contributed by atoms with van der Waals surface area (Å²) < 4.78 is 154. The molecule has 202 valence electrons. The van der Waals surface area contributed by atoms with E-state index in [9.17, 15) is 48.7 Å². The van der Waals surface area contributed by atoms with Gasteiger partial charge >= 0.3 is 29.5 Å². The minimum absolute atomic E-state index is 0.0393. The van der Waals surface area contributed by atoms with E-state index in [1.807, 2.05) is 0 Å². The van der Waals surface area contributed by atoms with Crippen molar-refractivity contribution in [1.82, 2.24) is 0 Å². The van der Waals surface area contributed by atoms with Crippen molar-refractivity contribution in [3.05, 3.63) is 23.8 Å². The molecule has 34 heavy (non-hydrogen) atoms. The molecule has 0 saturated heterocycles. The summed E-state index contributed by atoms with van der Waals surface area (Å²) in [4.78, 5) is 11.3. The van der Waals surface area contributed by atoms with Gasteiger partial charge in [0.2, 0.25) is 0 Å². The molecule has 0 aliphatic carbocycles. The summed E-state index contributed by atoms with van der Waals surface area (Å²) in [5.41, 5.74) is -4.94. The van der Waals surface area contributed by atoms with Gasteiger partial charge in [-0.3, -0.25) is 0 Å². The maximum absolute atomic E-state index is 13.8. The summed E-state index contributed by atoms with van der Waals surface area (Å²) in [7, 11) is -5.00. The summed E-state index contributed by atoms with van der Waals surface area (Å²) in [6.45, 7) is 5.05. The number of nitrogens with zero attached hydrogens (tertiary/aromatic N) is 1. The van der Waals surface area contributed by atoms with Crippen LogP contribution < -0.4 is 0 Å². The first-order valence-electron chi connectivity index (χ1n) is 8.84. The molecule has 0 rings (SSSR count). The van der Waals surface area contributed by atoms with Gasteiger partial charge in [-0.1, -0.05) is 12.2 Å². The van der Waals surface area contributed by atoms with Gasteiger partial charge in [0.25, 0.3) is 0 Å². The van der Waals surface area contributed by atoms with Crippen LogP contribution in [-0.4, -0.2) is 80.2 Å². The molecule has 0 aromatic rings. The van der Waals surface area contributed by atoms with Crippen LogP contribution in [0.1, 0.15) is 20.8 Å². The fourth-order valence-corrected chi connectivity index (χ4v) is 1.91. The van der Waals surface area contributed by atoms with Crippen molar-refractivity contribution in [1.29, 1.82) is 0 Å². The first-order valence-corrected chi connectivity index (χ1v) is 10.2. The fraction of sp³-hybridized carbons (Fsp3) is 0.706. The molecular formula is C17H23F10NO5S. The Morgan fingerprint density at radius 2 is 1.41 bits per heavy atom. The van der Waals surface area contributed by atoms with Gasteiger partial charge in [0.15, 0.2) is 16.7 Å². The second kappa shape index (κ2) is 11.7. The molecule has 0 saturated carbocycles. The Balaban J connectivity index is 0. The van der Waals surface area contributed by atoms with Gasteiger partial charge in [0.1, 0.15) is 13.2 Å². The van der Waals surface area contributed by atoms with E-state index in [1.165, 1.54) is 13.0 Å². The van der Waals surface area contributed by atoms with Crippen LogP contribution >= 0.6 is 0 Å². The molecule has 0 aromatic heterocycles. The number of quaternary nitrogens is 1. The van der Waals surface area contributed by atoms with E-state index in [-0.39, 0.29) is 18.7 Å². The van der Waals surface area contributed by atoms with Crippen LogP contribution in [0.2, 0.25) is 0 Å². The summed E-state index contributed by atoms with van der Waals surface area (Å²) in [5.74, 6) is -12.3. The molecule has 0 aliphatic heterocycles. The van der Waals surface area contributed by atoms with E-state index >= 15 is 0 Å². The quantitative estimate of drug-likeness (QED) is 0.0819. The fourth-order valence-electron chi connectivity index (χ4n) is 1.91. The van der Waals surface area contributed by atoms with Crippen molar-refractivity contribution in [2.24, 2.45) is 0 Å². The highest BCUT2D eigenvalue weighted by molar-refractivity contribution is 7.86. The number of ether oxygens (including phenoxy) is 1. The molecular weight excluding hydrogens is 520 g/mol. The summed E-state index contributed by atoms with van der Waals surface area (Å²) in [6, 6.07) is 0. The molecule has 0 aromatic carbocycles. The Bertz CT molecular complexity index is 846. The number of hydrogen-bond acceptors (Lipinski definition) is 5. The third-order valence-corrected chi connectivity index (χ3v) is 4.40. The first kappa shape index (κ1) is 34.3. The first-order chi connectivity index (χ1) is 14.7. The van der Waals surface area contributed by atoms with Crippen LogP contribution in [0, 0.1) is 0 Å². The van der Waals surface area contributed by atoms with Crippen molar-refractivity contribution < 1.29 is 70.9 Å². The molecule has 0 heterocycles. The number of esters is 1. The largest absolute Gasteiger partial charge is 0.741 e. The third-order valence-electron chi connectivity index (χ3n) is 3.83. The standard InChI is InChI=1S/C16H23F7NO2.CHF3O3S/c1-11(2)6-7-24(5,8-9-26-13(25)12(3)4)10-14(17,18)15(19,20)16(21,22)23;2-1(3,4)8(5,6)7/h6H,3,7-10H2,1-2,4-5H3;(H,5,6,7)/q+1;/p-1. The number of hydrogen-bond donors (Lipinski definition) is 0. The lowest BCUT2D eigenvalue weighted by atomic mass is 10.1. The number of carbonyl (C=O) groups is 1. The van der Waals surface area contributed by atoms with E-state index in [0.29, 0.717) is 5.57 Å². The zero-order valence-electron chi connectivity index (χ0n) is 18.3. The number of carbonyl (C=O) groups excluding carboxylic acids is 1. The van der Waals surface area contributed by atoms with Crippen LogP contribution in [0.3, 0.4) is 0 Å². The monoisotopic (exact) mass is 543 g/mol. The van der Waals surface area contributed by atoms with Crippen molar-refractivity contribution in [2.75, 3.05) is 33.3 Å². The van der Waals surface area contributed by atoms with Gasteiger partial charge in [-0.25, -0.2) is 13.2 Å². The minimum Gasteiger partial charge on any atom is -0.741 e. The van der Waals surface area contributed by atoms with Crippen LogP contribution in [0.4, 0.5) is 43.9 Å². The average molecular weight is 543 g/mol. The van der Waals surface area contributed by atoms with Gasteiger partial charge in [0.05, 0.1) is 13.6 Å². The highest BCUT2D eigenvalue weighted by Crippen LogP contribution is 2.47. The predicted octanol–water partition coefficient (Wildman–Crippen LogP) is 4.40. The van der Waals surface area contributed by atoms with Crippen molar-refractivity contribution >= 4 is 16.1 Å². The van der Waals surface area contributed by atoms with Crippen molar-refractivity contribution in [3.63, 3.8) is 0 Å². The third kappa shape index (κ3) is 11.0. The Labute approximate surface area is 189 Å². The molecule has 0 amide bonds. The average Bonchev–Trinajstić information content (AvgIpc) is 2.57. The van der Waals surface area contributed by atoms with E-state index in [1.54, 1.807) is 13.8 Å². The number of rotatable bonds is 9. The van der Waals surface area contributed by atoms with Gasteiger partial charge in [-0.2, -0.15) is 43.9 Å². The number of halogens is 10. The summed E-state index contributed by atoms with van der Waals surface area (Å²) in [6.07, 6.45) is -4.95. The molecule has 0 fully saturated rings. The minimum atomic E-state index is -6.38. The molecule has 17 heteroatoms. The Morgan fingerprint density at radius 1 is 1.00 bits per heavy atom. The highest BCUT2D eigenvalue weighted by atomic mass is 32.2. The molecule has 0 radical (unpaired) electrons. The number of allylic oxidation sites excluding steroid dienone is 1. The van der Waals surface area contributed by atoms with E-state index in [2.05, 4.69) is 6.58 Å².